The van der Waals surface area contributed by atoms with Gasteiger partial charge in [0, 0.05) is 25.3 Å². The first-order valence-corrected chi connectivity index (χ1v) is 7.62. The second-order valence-electron chi connectivity index (χ2n) is 6.21. The van der Waals surface area contributed by atoms with Crippen molar-refractivity contribution in [2.24, 2.45) is 5.92 Å². The smallest absolute Gasteiger partial charge is 0.256 e. The van der Waals surface area contributed by atoms with Gasteiger partial charge in [-0.2, -0.15) is 0 Å². The summed E-state index contributed by atoms with van der Waals surface area (Å²) < 4.78 is 0. The van der Waals surface area contributed by atoms with Crippen molar-refractivity contribution in [2.75, 3.05) is 18.9 Å². The highest BCUT2D eigenvalue weighted by atomic mass is 16.2. The van der Waals surface area contributed by atoms with Crippen molar-refractivity contribution in [2.45, 2.75) is 46.1 Å². The van der Waals surface area contributed by atoms with E-state index in [4.69, 9.17) is 0 Å². The Balaban J connectivity index is 2.18. The number of carbonyl (C=O) groups is 1. The van der Waals surface area contributed by atoms with E-state index in [-0.39, 0.29) is 5.91 Å². The van der Waals surface area contributed by atoms with Crippen LogP contribution in [-0.4, -0.2) is 30.4 Å². The van der Waals surface area contributed by atoms with Crippen LogP contribution in [0.15, 0.2) is 18.2 Å². The molecule has 2 rings (SSSR count). The maximum atomic E-state index is 12.8. The maximum absolute atomic E-state index is 12.8. The maximum Gasteiger partial charge on any atom is 0.256 e. The van der Waals surface area contributed by atoms with Crippen LogP contribution in [-0.2, 0) is 0 Å². The predicted molar refractivity (Wildman–Crippen MR) is 84.2 cm³/mol. The first kappa shape index (κ1) is 14.9. The molecule has 0 heterocycles. The predicted octanol–water partition coefficient (Wildman–Crippen LogP) is 3.69. The molecule has 20 heavy (non-hydrogen) atoms. The van der Waals surface area contributed by atoms with Crippen molar-refractivity contribution < 1.29 is 4.79 Å². The van der Waals surface area contributed by atoms with E-state index in [1.807, 2.05) is 32.2 Å². The van der Waals surface area contributed by atoms with Crippen LogP contribution < -0.4 is 5.32 Å². The second kappa shape index (κ2) is 6.29. The minimum atomic E-state index is 0.178. The Morgan fingerprint density at radius 1 is 1.40 bits per heavy atom. The fourth-order valence-electron chi connectivity index (χ4n) is 2.44. The van der Waals surface area contributed by atoms with Gasteiger partial charge in [0.1, 0.15) is 0 Å². The first-order valence-electron chi connectivity index (χ1n) is 7.62. The zero-order valence-electron chi connectivity index (χ0n) is 13.1. The average Bonchev–Trinajstić information content (AvgIpc) is 3.22. The summed E-state index contributed by atoms with van der Waals surface area (Å²) in [6.07, 6.45) is 3.39. The summed E-state index contributed by atoms with van der Waals surface area (Å²) in [4.78, 5) is 14.9. The van der Waals surface area contributed by atoms with Crippen LogP contribution in [0.5, 0.6) is 0 Å². The van der Waals surface area contributed by atoms with Crippen molar-refractivity contribution in [3.05, 3.63) is 29.3 Å². The Morgan fingerprint density at radius 3 is 2.65 bits per heavy atom. The molecule has 3 heteroatoms. The molecular formula is C17H26N2O. The number of anilines is 1. The van der Waals surface area contributed by atoms with Crippen LogP contribution in [0.2, 0.25) is 0 Å². The van der Waals surface area contributed by atoms with Crippen molar-refractivity contribution in [3.63, 3.8) is 0 Å². The van der Waals surface area contributed by atoms with E-state index in [1.54, 1.807) is 0 Å². The normalized spacial score (nSPS) is 14.4. The molecule has 110 valence electrons. The van der Waals surface area contributed by atoms with Gasteiger partial charge in [-0.25, -0.2) is 0 Å². The van der Waals surface area contributed by atoms with Crippen LogP contribution >= 0.6 is 0 Å². The fraction of sp³-hybridized carbons (Fsp3) is 0.588. The lowest BCUT2D eigenvalue weighted by Gasteiger charge is -2.24. The van der Waals surface area contributed by atoms with E-state index in [0.717, 1.165) is 37.1 Å². The first-order chi connectivity index (χ1) is 9.52. The Hall–Kier alpha value is -1.51. The Morgan fingerprint density at radius 2 is 2.10 bits per heavy atom. The highest BCUT2D eigenvalue weighted by molar-refractivity contribution is 6.00. The van der Waals surface area contributed by atoms with Crippen LogP contribution in [0.1, 0.15) is 49.0 Å². The molecule has 1 N–H and O–H groups in total. The molecular weight excluding hydrogens is 248 g/mol. The lowest BCUT2D eigenvalue weighted by molar-refractivity contribution is 0.0736. The van der Waals surface area contributed by atoms with Gasteiger partial charge in [0.05, 0.1) is 5.56 Å². The summed E-state index contributed by atoms with van der Waals surface area (Å²) in [5.41, 5.74) is 2.91. The van der Waals surface area contributed by atoms with Gasteiger partial charge >= 0.3 is 0 Å². The topological polar surface area (TPSA) is 32.3 Å². The average molecular weight is 274 g/mol. The van der Waals surface area contributed by atoms with Crippen molar-refractivity contribution in [1.29, 1.82) is 0 Å². The van der Waals surface area contributed by atoms with Gasteiger partial charge in [-0.3, -0.25) is 4.79 Å². The molecule has 0 spiro atoms. The molecule has 1 saturated carbocycles. The molecule has 1 amide bonds. The number of amides is 1. The van der Waals surface area contributed by atoms with Crippen LogP contribution in [0, 0.1) is 12.8 Å². The quantitative estimate of drug-likeness (QED) is 0.858. The molecule has 3 nitrogen and oxygen atoms in total. The molecule has 0 atom stereocenters. The van der Waals surface area contributed by atoms with Gasteiger partial charge in [-0.1, -0.05) is 19.9 Å². The minimum absolute atomic E-state index is 0.178. The van der Waals surface area contributed by atoms with Crippen molar-refractivity contribution in [3.8, 4) is 0 Å². The molecule has 0 bridgehead atoms. The molecule has 1 fully saturated rings. The molecule has 1 aromatic carbocycles. The molecule has 0 unspecified atom stereocenters. The Kier molecular flexibility index (Phi) is 4.69. The molecule has 1 aliphatic carbocycles. The van der Waals surface area contributed by atoms with Crippen molar-refractivity contribution >= 4 is 11.6 Å². The number of hydrogen-bond donors (Lipinski definition) is 1. The largest absolute Gasteiger partial charge is 0.387 e. The minimum Gasteiger partial charge on any atom is -0.387 e. The van der Waals surface area contributed by atoms with E-state index < -0.39 is 0 Å². The van der Waals surface area contributed by atoms with E-state index in [9.17, 15) is 4.79 Å². The van der Waals surface area contributed by atoms with Gasteiger partial charge < -0.3 is 10.2 Å². The van der Waals surface area contributed by atoms with Crippen LogP contribution in [0.3, 0.4) is 0 Å². The van der Waals surface area contributed by atoms with Gasteiger partial charge in [-0.05, 0) is 49.8 Å². The third-order valence-electron chi connectivity index (χ3n) is 3.87. The SMILES string of the molecule is CNc1cc(C)ccc1C(=O)N(CCC(C)C)C1CC1. The molecule has 0 aromatic heterocycles. The summed E-state index contributed by atoms with van der Waals surface area (Å²) in [7, 11) is 1.88. The lowest BCUT2D eigenvalue weighted by Crippen LogP contribution is -2.35. The lowest BCUT2D eigenvalue weighted by atomic mass is 10.1. The Labute approximate surface area is 122 Å². The van der Waals surface area contributed by atoms with Gasteiger partial charge in [0.25, 0.3) is 5.91 Å². The van der Waals surface area contributed by atoms with E-state index in [2.05, 4.69) is 24.1 Å². The zero-order valence-corrected chi connectivity index (χ0v) is 13.1. The highest BCUT2D eigenvalue weighted by Crippen LogP contribution is 2.30. The van der Waals surface area contributed by atoms with E-state index >= 15 is 0 Å². The number of aryl methyl sites for hydroxylation is 1. The van der Waals surface area contributed by atoms with Gasteiger partial charge in [0.2, 0.25) is 0 Å². The number of rotatable bonds is 6. The number of carbonyl (C=O) groups excluding carboxylic acids is 1. The molecule has 0 radical (unpaired) electrons. The molecule has 1 aliphatic rings. The Bertz CT molecular complexity index is 478. The number of nitrogens with one attached hydrogen (secondary N) is 1. The van der Waals surface area contributed by atoms with Crippen LogP contribution in [0.4, 0.5) is 5.69 Å². The summed E-state index contributed by atoms with van der Waals surface area (Å²) >= 11 is 0. The standard InChI is InChI=1S/C17H26N2O/c1-12(2)9-10-19(14-6-7-14)17(20)15-8-5-13(3)11-16(15)18-4/h5,8,11-12,14,18H,6-7,9-10H2,1-4H3. The monoisotopic (exact) mass is 274 g/mol. The third-order valence-corrected chi connectivity index (χ3v) is 3.87. The number of benzene rings is 1. The van der Waals surface area contributed by atoms with Gasteiger partial charge in [0.15, 0.2) is 0 Å². The number of hydrogen-bond acceptors (Lipinski definition) is 2. The zero-order chi connectivity index (χ0) is 14.7. The van der Waals surface area contributed by atoms with E-state index in [1.165, 1.54) is 5.56 Å². The van der Waals surface area contributed by atoms with Crippen LogP contribution in [0.25, 0.3) is 0 Å². The third kappa shape index (κ3) is 3.53. The second-order valence-corrected chi connectivity index (χ2v) is 6.21. The fourth-order valence-corrected chi connectivity index (χ4v) is 2.44. The summed E-state index contributed by atoms with van der Waals surface area (Å²) in [5, 5.41) is 3.15. The molecule has 1 aromatic rings. The highest BCUT2D eigenvalue weighted by Gasteiger charge is 2.33. The summed E-state index contributed by atoms with van der Waals surface area (Å²) in [5.74, 6) is 0.809. The van der Waals surface area contributed by atoms with E-state index in [0.29, 0.717) is 12.0 Å². The number of nitrogens with zero attached hydrogens (tertiary/aromatic N) is 1. The molecule has 0 aliphatic heterocycles. The van der Waals surface area contributed by atoms with Gasteiger partial charge in [-0.15, -0.1) is 0 Å². The summed E-state index contributed by atoms with van der Waals surface area (Å²) in [6, 6.07) is 6.48. The molecule has 0 saturated heterocycles. The summed E-state index contributed by atoms with van der Waals surface area (Å²) in [6.45, 7) is 7.34. The van der Waals surface area contributed by atoms with Crippen molar-refractivity contribution in [1.82, 2.24) is 4.90 Å².